The fourth-order valence-corrected chi connectivity index (χ4v) is 2.71. The zero-order valence-corrected chi connectivity index (χ0v) is 17.0. The second-order valence-corrected chi connectivity index (χ2v) is 6.57. The van der Waals surface area contributed by atoms with E-state index in [1.165, 1.54) is 0 Å². The van der Waals surface area contributed by atoms with Crippen molar-refractivity contribution in [1.82, 2.24) is 5.32 Å². The van der Waals surface area contributed by atoms with E-state index in [-0.39, 0.29) is 31.5 Å². The number of ether oxygens (including phenoxy) is 1. The minimum absolute atomic E-state index is 0. The highest BCUT2D eigenvalue weighted by atomic mass is 79.9. The van der Waals surface area contributed by atoms with Crippen molar-refractivity contribution in [3.63, 3.8) is 0 Å². The Kier molecular flexibility index (Phi) is 10.3. The van der Waals surface area contributed by atoms with Crippen molar-refractivity contribution in [3.8, 4) is 5.75 Å². The fourth-order valence-electron chi connectivity index (χ4n) is 2.30. The van der Waals surface area contributed by atoms with Crippen molar-refractivity contribution in [2.75, 3.05) is 25.1 Å². The quantitative estimate of drug-likeness (QED) is 0.517. The summed E-state index contributed by atoms with van der Waals surface area (Å²) < 4.78 is 6.65. The molecule has 0 aliphatic carbocycles. The molecule has 0 aromatic heterocycles. The van der Waals surface area contributed by atoms with Crippen LogP contribution in [0, 0.1) is 6.92 Å². The van der Waals surface area contributed by atoms with Crippen LogP contribution in [0.3, 0.4) is 0 Å². The highest BCUT2D eigenvalue weighted by Gasteiger charge is 2.09. The number of aryl methyl sites for hydroxylation is 1. The third-order valence-electron chi connectivity index (χ3n) is 3.63. The zero-order chi connectivity index (χ0) is 18.1. The summed E-state index contributed by atoms with van der Waals surface area (Å²) in [6.45, 7) is 3.37. The van der Waals surface area contributed by atoms with E-state index >= 15 is 0 Å². The van der Waals surface area contributed by atoms with Gasteiger partial charge in [0.1, 0.15) is 5.75 Å². The van der Waals surface area contributed by atoms with E-state index in [4.69, 9.17) is 9.84 Å². The van der Waals surface area contributed by atoms with E-state index in [1.807, 2.05) is 49.4 Å². The lowest BCUT2D eigenvalue weighted by molar-refractivity contribution is -0.118. The Morgan fingerprint density at radius 1 is 1.23 bits per heavy atom. The first kappa shape index (κ1) is 22.4. The summed E-state index contributed by atoms with van der Waals surface area (Å²) in [5, 5.41) is 14.9. The first-order valence-corrected chi connectivity index (χ1v) is 8.97. The molecule has 7 heteroatoms. The van der Waals surface area contributed by atoms with Crippen LogP contribution in [0.4, 0.5) is 5.69 Å². The van der Waals surface area contributed by atoms with Gasteiger partial charge in [-0.05, 0) is 49.7 Å². The highest BCUT2D eigenvalue weighted by Crippen LogP contribution is 2.23. The van der Waals surface area contributed by atoms with Crippen LogP contribution in [0.25, 0.3) is 0 Å². The highest BCUT2D eigenvalue weighted by molar-refractivity contribution is 9.10. The number of carbonyl (C=O) groups is 1. The topological polar surface area (TPSA) is 70.6 Å². The van der Waals surface area contributed by atoms with Crippen LogP contribution in [0.1, 0.15) is 17.5 Å². The van der Waals surface area contributed by atoms with Crippen molar-refractivity contribution in [2.45, 2.75) is 19.9 Å². The van der Waals surface area contributed by atoms with Gasteiger partial charge in [0.05, 0.1) is 0 Å². The van der Waals surface area contributed by atoms with Gasteiger partial charge in [-0.25, -0.2) is 0 Å². The molecule has 2 rings (SSSR count). The molecule has 0 saturated carbocycles. The number of amides is 1. The molecule has 26 heavy (non-hydrogen) atoms. The molecule has 3 N–H and O–H groups in total. The Bertz CT molecular complexity index is 713. The fraction of sp³-hybridized carbons (Fsp3) is 0.316. The summed E-state index contributed by atoms with van der Waals surface area (Å²) in [4.78, 5) is 12.1. The zero-order valence-electron chi connectivity index (χ0n) is 14.6. The molecular weight excluding hydrogens is 420 g/mol. The van der Waals surface area contributed by atoms with Crippen molar-refractivity contribution >= 4 is 39.9 Å². The largest absolute Gasteiger partial charge is 0.483 e. The van der Waals surface area contributed by atoms with Gasteiger partial charge < -0.3 is 20.5 Å². The molecule has 0 aliphatic heterocycles. The number of aliphatic hydroxyl groups is 1. The first-order chi connectivity index (χ1) is 12.1. The molecular formula is C19H24BrClN2O3. The Balaban J connectivity index is 0.00000338. The molecule has 0 aliphatic rings. The van der Waals surface area contributed by atoms with Crippen molar-refractivity contribution in [2.24, 2.45) is 0 Å². The van der Waals surface area contributed by atoms with Crippen LogP contribution >= 0.6 is 28.3 Å². The van der Waals surface area contributed by atoms with Crippen LogP contribution in [0.2, 0.25) is 0 Å². The maximum absolute atomic E-state index is 12.1. The van der Waals surface area contributed by atoms with Gasteiger partial charge >= 0.3 is 0 Å². The summed E-state index contributed by atoms with van der Waals surface area (Å²) in [7, 11) is 0. The van der Waals surface area contributed by atoms with Gasteiger partial charge in [-0.15, -0.1) is 12.4 Å². The van der Waals surface area contributed by atoms with E-state index in [2.05, 4.69) is 26.6 Å². The van der Waals surface area contributed by atoms with Gasteiger partial charge in [-0.1, -0.05) is 34.1 Å². The molecule has 0 bridgehead atoms. The summed E-state index contributed by atoms with van der Waals surface area (Å²) in [5.41, 5.74) is 2.75. The SMILES string of the molecule is Cc1ccccc1NC(=O)COc1ccc(Br)cc1CNCCCO.Cl. The molecule has 0 unspecified atom stereocenters. The molecule has 0 spiro atoms. The van der Waals surface area contributed by atoms with Crippen molar-refractivity contribution in [1.29, 1.82) is 0 Å². The van der Waals surface area contributed by atoms with Gasteiger partial charge in [-0.2, -0.15) is 0 Å². The third-order valence-corrected chi connectivity index (χ3v) is 4.12. The number of hydrogen-bond donors (Lipinski definition) is 3. The molecule has 1 amide bonds. The number of rotatable bonds is 9. The van der Waals surface area contributed by atoms with Crippen molar-refractivity contribution < 1.29 is 14.6 Å². The van der Waals surface area contributed by atoms with E-state index in [0.29, 0.717) is 18.7 Å². The normalized spacial score (nSPS) is 10.1. The summed E-state index contributed by atoms with van der Waals surface area (Å²) in [5.74, 6) is 0.469. The van der Waals surface area contributed by atoms with E-state index < -0.39 is 0 Å². The Morgan fingerprint density at radius 2 is 2.00 bits per heavy atom. The van der Waals surface area contributed by atoms with Crippen LogP contribution in [0.15, 0.2) is 46.9 Å². The predicted octanol–water partition coefficient (Wildman–Crippen LogP) is 3.67. The molecule has 0 fully saturated rings. The van der Waals surface area contributed by atoms with Gasteiger partial charge in [0.15, 0.2) is 6.61 Å². The second-order valence-electron chi connectivity index (χ2n) is 5.66. The lowest BCUT2D eigenvalue weighted by atomic mass is 10.2. The number of carbonyl (C=O) groups excluding carboxylic acids is 1. The minimum Gasteiger partial charge on any atom is -0.483 e. The molecule has 0 heterocycles. The number of aliphatic hydroxyl groups excluding tert-OH is 1. The van der Waals surface area contributed by atoms with Gasteiger partial charge in [0, 0.05) is 28.9 Å². The predicted molar refractivity (Wildman–Crippen MR) is 110 cm³/mol. The monoisotopic (exact) mass is 442 g/mol. The first-order valence-electron chi connectivity index (χ1n) is 8.18. The van der Waals surface area contributed by atoms with Gasteiger partial charge in [0.25, 0.3) is 5.91 Å². The maximum atomic E-state index is 12.1. The van der Waals surface area contributed by atoms with Gasteiger partial charge in [-0.3, -0.25) is 4.79 Å². The number of nitrogens with one attached hydrogen (secondary N) is 2. The smallest absolute Gasteiger partial charge is 0.262 e. The summed E-state index contributed by atoms with van der Waals surface area (Å²) in [6, 6.07) is 13.3. The van der Waals surface area contributed by atoms with E-state index in [1.54, 1.807) is 0 Å². The second kappa shape index (κ2) is 11.9. The van der Waals surface area contributed by atoms with Crippen LogP contribution in [0.5, 0.6) is 5.75 Å². The molecule has 142 valence electrons. The lowest BCUT2D eigenvalue weighted by Crippen LogP contribution is -2.22. The standard InChI is InChI=1S/C19H23BrN2O3.ClH/c1-14-5-2-3-6-17(14)22-19(24)13-25-18-8-7-16(20)11-15(18)12-21-9-4-10-23;/h2-3,5-8,11,21,23H,4,9-10,12-13H2,1H3,(H,22,24);1H. The molecule has 2 aromatic carbocycles. The Hall–Kier alpha value is -1.60. The molecule has 0 radical (unpaired) electrons. The number of hydrogen-bond acceptors (Lipinski definition) is 4. The summed E-state index contributed by atoms with van der Waals surface area (Å²) >= 11 is 3.45. The number of para-hydroxylation sites is 1. The Labute approximate surface area is 168 Å². The van der Waals surface area contributed by atoms with Crippen LogP contribution < -0.4 is 15.4 Å². The maximum Gasteiger partial charge on any atom is 0.262 e. The molecule has 2 aromatic rings. The van der Waals surface area contributed by atoms with E-state index in [0.717, 1.165) is 27.8 Å². The number of anilines is 1. The van der Waals surface area contributed by atoms with E-state index in [9.17, 15) is 4.79 Å². The lowest BCUT2D eigenvalue weighted by Gasteiger charge is -2.13. The van der Waals surface area contributed by atoms with Crippen molar-refractivity contribution in [3.05, 3.63) is 58.1 Å². The van der Waals surface area contributed by atoms with Crippen LogP contribution in [-0.2, 0) is 11.3 Å². The summed E-state index contributed by atoms with van der Waals surface area (Å²) in [6.07, 6.45) is 0.697. The van der Waals surface area contributed by atoms with Gasteiger partial charge in [0.2, 0.25) is 0 Å². The number of halogens is 2. The average molecular weight is 444 g/mol. The minimum atomic E-state index is -0.198. The average Bonchev–Trinajstić information content (AvgIpc) is 2.60. The number of benzene rings is 2. The molecule has 0 saturated heterocycles. The third kappa shape index (κ3) is 7.33. The Morgan fingerprint density at radius 3 is 2.73 bits per heavy atom. The molecule has 5 nitrogen and oxygen atoms in total. The van der Waals surface area contributed by atoms with Crippen LogP contribution in [-0.4, -0.2) is 30.8 Å². The molecule has 0 atom stereocenters.